The first-order chi connectivity index (χ1) is 7.00. The van der Waals surface area contributed by atoms with E-state index in [4.69, 9.17) is 0 Å². The minimum absolute atomic E-state index is 0.0877. The summed E-state index contributed by atoms with van der Waals surface area (Å²) in [6, 6.07) is 2.04. The summed E-state index contributed by atoms with van der Waals surface area (Å²) in [5.74, 6) is 0.0877. The van der Waals surface area contributed by atoms with E-state index in [0.29, 0.717) is 13.1 Å². The van der Waals surface area contributed by atoms with E-state index >= 15 is 0 Å². The second-order valence-corrected chi connectivity index (χ2v) is 6.54. The molecular weight excluding hydrogens is 344 g/mol. The molecule has 0 unspecified atom stereocenters. The van der Waals surface area contributed by atoms with E-state index in [9.17, 15) is 4.79 Å². The van der Waals surface area contributed by atoms with Gasteiger partial charge in [0.15, 0.2) is 0 Å². The van der Waals surface area contributed by atoms with Crippen LogP contribution in [-0.4, -0.2) is 31.4 Å². The van der Waals surface area contributed by atoms with Gasteiger partial charge in [0.1, 0.15) is 0 Å². The van der Waals surface area contributed by atoms with Gasteiger partial charge in [-0.25, -0.2) is 0 Å². The summed E-state index contributed by atoms with van der Waals surface area (Å²) in [5, 5.41) is 3.10. The highest BCUT2D eigenvalue weighted by molar-refractivity contribution is 9.13. The van der Waals surface area contributed by atoms with Crippen molar-refractivity contribution in [2.24, 2.45) is 0 Å². The molecule has 6 heteroatoms. The maximum Gasteiger partial charge on any atom is 0.236 e. The van der Waals surface area contributed by atoms with Crippen molar-refractivity contribution < 1.29 is 4.79 Å². The number of hydrogen-bond acceptors (Lipinski definition) is 3. The molecule has 1 amide bonds. The molecule has 0 atom stereocenters. The van der Waals surface area contributed by atoms with Crippen molar-refractivity contribution in [3.8, 4) is 0 Å². The molecule has 0 saturated heterocycles. The third kappa shape index (κ3) is 4.22. The third-order valence-electron chi connectivity index (χ3n) is 1.77. The van der Waals surface area contributed by atoms with Crippen molar-refractivity contribution in [1.82, 2.24) is 10.2 Å². The van der Waals surface area contributed by atoms with Crippen LogP contribution in [0.1, 0.15) is 4.88 Å². The van der Waals surface area contributed by atoms with Gasteiger partial charge in [-0.05, 0) is 37.9 Å². The van der Waals surface area contributed by atoms with Gasteiger partial charge in [-0.3, -0.25) is 4.79 Å². The van der Waals surface area contributed by atoms with Gasteiger partial charge in [0.2, 0.25) is 5.91 Å². The van der Waals surface area contributed by atoms with Gasteiger partial charge in [-0.15, -0.1) is 11.3 Å². The largest absolute Gasteiger partial charge is 0.348 e. The zero-order chi connectivity index (χ0) is 11.4. The molecule has 0 aromatic carbocycles. The lowest BCUT2D eigenvalue weighted by Crippen LogP contribution is -2.32. The van der Waals surface area contributed by atoms with Crippen LogP contribution >= 0.6 is 43.2 Å². The Bertz CT molecular complexity index is 332. The molecule has 1 aromatic rings. The molecule has 0 saturated carbocycles. The highest BCUT2D eigenvalue weighted by atomic mass is 79.9. The molecule has 84 valence electrons. The minimum Gasteiger partial charge on any atom is -0.348 e. The maximum absolute atomic E-state index is 11.3. The topological polar surface area (TPSA) is 32.3 Å². The molecule has 0 radical (unpaired) electrons. The monoisotopic (exact) mass is 354 g/mol. The number of likely N-dealkylation sites (N-methyl/N-ethyl adjacent to an activating group) is 1. The fourth-order valence-corrected chi connectivity index (χ4v) is 3.08. The molecule has 1 heterocycles. The first-order valence-corrected chi connectivity index (χ1v) is 6.75. The second kappa shape index (κ2) is 5.98. The molecule has 0 spiro atoms. The zero-order valence-corrected chi connectivity index (χ0v) is 12.5. The van der Waals surface area contributed by atoms with Gasteiger partial charge in [0.05, 0.1) is 10.3 Å². The van der Waals surface area contributed by atoms with E-state index in [1.807, 2.05) is 6.07 Å². The van der Waals surface area contributed by atoms with Crippen molar-refractivity contribution in [3.63, 3.8) is 0 Å². The standard InChI is InChI=1S/C9H12Br2N2OS/c1-13(2)8(14)5-12-4-6-3-7(10)9(11)15-6/h3,12H,4-5H2,1-2H3. The number of amides is 1. The van der Waals surface area contributed by atoms with Crippen LogP contribution in [-0.2, 0) is 11.3 Å². The third-order valence-corrected chi connectivity index (χ3v) is 5.03. The number of nitrogens with zero attached hydrogens (tertiary/aromatic N) is 1. The zero-order valence-electron chi connectivity index (χ0n) is 8.51. The summed E-state index contributed by atoms with van der Waals surface area (Å²) in [6.45, 7) is 1.09. The molecule has 0 aliphatic heterocycles. The summed E-state index contributed by atoms with van der Waals surface area (Å²) in [4.78, 5) is 14.0. The van der Waals surface area contributed by atoms with Gasteiger partial charge in [0.25, 0.3) is 0 Å². The summed E-state index contributed by atoms with van der Waals surface area (Å²) >= 11 is 8.51. The number of thiophene rings is 1. The lowest BCUT2D eigenvalue weighted by Gasteiger charge is -2.10. The van der Waals surface area contributed by atoms with E-state index in [1.54, 1.807) is 30.3 Å². The quantitative estimate of drug-likeness (QED) is 0.899. The molecule has 1 rings (SSSR count). The van der Waals surface area contributed by atoms with Crippen molar-refractivity contribution in [2.75, 3.05) is 20.6 Å². The number of nitrogens with one attached hydrogen (secondary N) is 1. The number of carbonyl (C=O) groups is 1. The molecule has 0 fully saturated rings. The van der Waals surface area contributed by atoms with Crippen LogP contribution in [0.5, 0.6) is 0 Å². The van der Waals surface area contributed by atoms with Crippen molar-refractivity contribution in [1.29, 1.82) is 0 Å². The normalized spacial score (nSPS) is 10.4. The molecule has 0 bridgehead atoms. The number of rotatable bonds is 4. The lowest BCUT2D eigenvalue weighted by atomic mass is 10.4. The smallest absolute Gasteiger partial charge is 0.236 e. The van der Waals surface area contributed by atoms with Crippen molar-refractivity contribution >= 4 is 49.1 Å². The van der Waals surface area contributed by atoms with Gasteiger partial charge in [0, 0.05) is 30.0 Å². The molecular formula is C9H12Br2N2OS. The highest BCUT2D eigenvalue weighted by Crippen LogP contribution is 2.32. The Morgan fingerprint density at radius 2 is 2.20 bits per heavy atom. The average molecular weight is 356 g/mol. The Hall–Kier alpha value is 0.0900. The Labute approximate surface area is 110 Å². The van der Waals surface area contributed by atoms with E-state index < -0.39 is 0 Å². The molecule has 15 heavy (non-hydrogen) atoms. The number of carbonyl (C=O) groups excluding carboxylic acids is 1. The minimum atomic E-state index is 0.0877. The molecule has 3 nitrogen and oxygen atoms in total. The fraction of sp³-hybridized carbons (Fsp3) is 0.444. The highest BCUT2D eigenvalue weighted by Gasteiger charge is 2.06. The predicted octanol–water partition coefficient (Wildman–Crippen LogP) is 2.45. The van der Waals surface area contributed by atoms with E-state index in [2.05, 4.69) is 37.2 Å². The van der Waals surface area contributed by atoms with Gasteiger partial charge >= 0.3 is 0 Å². The summed E-state index contributed by atoms with van der Waals surface area (Å²) in [5.41, 5.74) is 0. The van der Waals surface area contributed by atoms with Crippen LogP contribution in [0.25, 0.3) is 0 Å². The first kappa shape index (κ1) is 13.2. The number of hydrogen-bond donors (Lipinski definition) is 1. The molecule has 1 N–H and O–H groups in total. The van der Waals surface area contributed by atoms with Crippen LogP contribution in [0.4, 0.5) is 0 Å². The van der Waals surface area contributed by atoms with E-state index in [-0.39, 0.29) is 5.91 Å². The van der Waals surface area contributed by atoms with Crippen LogP contribution in [0.2, 0.25) is 0 Å². The lowest BCUT2D eigenvalue weighted by molar-refractivity contribution is -0.127. The first-order valence-electron chi connectivity index (χ1n) is 4.35. The summed E-state index contributed by atoms with van der Waals surface area (Å²) < 4.78 is 2.14. The molecule has 0 aliphatic carbocycles. The van der Waals surface area contributed by atoms with Crippen LogP contribution in [0.15, 0.2) is 14.3 Å². The summed E-state index contributed by atoms with van der Waals surface area (Å²) in [6.07, 6.45) is 0. The Morgan fingerprint density at radius 1 is 1.53 bits per heavy atom. The van der Waals surface area contributed by atoms with Crippen LogP contribution in [0, 0.1) is 0 Å². The van der Waals surface area contributed by atoms with Crippen molar-refractivity contribution in [2.45, 2.75) is 6.54 Å². The maximum atomic E-state index is 11.3. The van der Waals surface area contributed by atoms with Crippen LogP contribution in [0.3, 0.4) is 0 Å². The van der Waals surface area contributed by atoms with Crippen molar-refractivity contribution in [3.05, 3.63) is 19.2 Å². The number of halogens is 2. The van der Waals surface area contributed by atoms with E-state index in [0.717, 1.165) is 8.26 Å². The van der Waals surface area contributed by atoms with E-state index in [1.165, 1.54) is 4.88 Å². The average Bonchev–Trinajstić information content (AvgIpc) is 2.46. The Kier molecular flexibility index (Phi) is 5.25. The summed E-state index contributed by atoms with van der Waals surface area (Å²) in [7, 11) is 3.50. The Morgan fingerprint density at radius 3 is 2.67 bits per heavy atom. The predicted molar refractivity (Wildman–Crippen MR) is 70.1 cm³/mol. The second-order valence-electron chi connectivity index (χ2n) is 3.23. The Balaban J connectivity index is 2.35. The van der Waals surface area contributed by atoms with Gasteiger partial charge < -0.3 is 10.2 Å². The van der Waals surface area contributed by atoms with Gasteiger partial charge in [-0.1, -0.05) is 0 Å². The van der Waals surface area contributed by atoms with Crippen LogP contribution < -0.4 is 5.32 Å². The molecule has 1 aromatic heterocycles. The van der Waals surface area contributed by atoms with Gasteiger partial charge in [-0.2, -0.15) is 0 Å². The SMILES string of the molecule is CN(C)C(=O)CNCc1cc(Br)c(Br)s1. The molecule has 0 aliphatic rings. The fourth-order valence-electron chi connectivity index (χ4n) is 0.929.